The summed E-state index contributed by atoms with van der Waals surface area (Å²) in [6, 6.07) is 4.69. The van der Waals surface area contributed by atoms with Crippen LogP contribution in [0.4, 0.5) is 13.2 Å². The molecule has 1 fully saturated rings. The van der Waals surface area contributed by atoms with Crippen molar-refractivity contribution >= 4 is 11.8 Å². The van der Waals surface area contributed by atoms with Crippen molar-refractivity contribution in [2.24, 2.45) is 0 Å². The van der Waals surface area contributed by atoms with Crippen LogP contribution in [0.2, 0.25) is 0 Å². The maximum absolute atomic E-state index is 12.6. The van der Waals surface area contributed by atoms with Crippen LogP contribution in [0.15, 0.2) is 30.5 Å². The lowest BCUT2D eigenvalue weighted by molar-refractivity contribution is -0.274. The van der Waals surface area contributed by atoms with E-state index in [0.717, 1.165) is 12.1 Å². The van der Waals surface area contributed by atoms with Gasteiger partial charge in [-0.3, -0.25) is 9.59 Å². The van der Waals surface area contributed by atoms with Crippen LogP contribution in [0.1, 0.15) is 33.7 Å². The molecule has 0 radical (unpaired) electrons. The number of halogens is 3. The van der Waals surface area contributed by atoms with Crippen molar-refractivity contribution in [2.75, 3.05) is 20.1 Å². The number of aliphatic hydroxyl groups is 1. The van der Waals surface area contributed by atoms with Crippen LogP contribution in [0, 0.1) is 0 Å². The van der Waals surface area contributed by atoms with E-state index >= 15 is 0 Å². The molecule has 12 heteroatoms. The Kier molecular flexibility index (Phi) is 5.97. The molecule has 0 atom stereocenters. The number of rotatable bonds is 5. The Morgan fingerprint density at radius 3 is 2.43 bits per heavy atom. The Morgan fingerprint density at radius 2 is 1.87 bits per heavy atom. The molecule has 0 spiro atoms. The molecular formula is C18H20F3N5O4. The molecule has 2 heterocycles. The van der Waals surface area contributed by atoms with Crippen LogP contribution in [0.25, 0.3) is 0 Å². The Hall–Kier alpha value is -3.15. The summed E-state index contributed by atoms with van der Waals surface area (Å²) >= 11 is 0. The first kappa shape index (κ1) is 21.6. The molecule has 2 aromatic rings. The molecule has 30 heavy (non-hydrogen) atoms. The number of likely N-dealkylation sites (tertiary alicyclic amines) is 1. The van der Waals surface area contributed by atoms with Gasteiger partial charge in [-0.15, -0.1) is 18.3 Å². The monoisotopic (exact) mass is 427 g/mol. The maximum atomic E-state index is 12.6. The fourth-order valence-electron chi connectivity index (χ4n) is 3.18. The zero-order valence-electron chi connectivity index (χ0n) is 16.0. The topological polar surface area (TPSA) is 110 Å². The van der Waals surface area contributed by atoms with E-state index in [-0.39, 0.29) is 55.5 Å². The predicted molar refractivity (Wildman–Crippen MR) is 96.6 cm³/mol. The summed E-state index contributed by atoms with van der Waals surface area (Å²) in [5.74, 6) is -1.14. The molecule has 0 saturated carbocycles. The average molecular weight is 427 g/mol. The van der Waals surface area contributed by atoms with Gasteiger partial charge in [-0.05, 0) is 37.1 Å². The fraction of sp³-hybridized carbons (Fsp3) is 0.444. The molecule has 1 aliphatic rings. The summed E-state index contributed by atoms with van der Waals surface area (Å²) in [5.41, 5.74) is -0.775. The number of piperidine rings is 1. The van der Waals surface area contributed by atoms with Gasteiger partial charge in [0.05, 0.1) is 18.3 Å². The van der Waals surface area contributed by atoms with E-state index in [0.29, 0.717) is 0 Å². The molecule has 9 nitrogen and oxygen atoms in total. The number of nitrogens with zero attached hydrogens (tertiary/aromatic N) is 4. The number of carbonyl (C=O) groups is 2. The van der Waals surface area contributed by atoms with Crippen molar-refractivity contribution in [3.05, 3.63) is 41.7 Å². The fourth-order valence-corrected chi connectivity index (χ4v) is 3.18. The third kappa shape index (κ3) is 5.26. The van der Waals surface area contributed by atoms with E-state index in [4.69, 9.17) is 0 Å². The first-order chi connectivity index (χ1) is 14.1. The lowest BCUT2D eigenvalue weighted by atomic mass is 9.91. The van der Waals surface area contributed by atoms with Crippen molar-refractivity contribution in [1.29, 1.82) is 0 Å². The number of hydrogen-bond acceptors (Lipinski definition) is 6. The number of ether oxygens (including phenoxy) is 1. The van der Waals surface area contributed by atoms with E-state index in [2.05, 4.69) is 20.4 Å². The number of aromatic nitrogens is 3. The highest BCUT2D eigenvalue weighted by Crippen LogP contribution is 2.26. The lowest BCUT2D eigenvalue weighted by Crippen LogP contribution is -2.48. The molecule has 1 saturated heterocycles. The lowest BCUT2D eigenvalue weighted by Gasteiger charge is -2.38. The normalized spacial score (nSPS) is 16.2. The number of nitrogens with one attached hydrogen (secondary N) is 1. The molecule has 2 N–H and O–H groups in total. The van der Waals surface area contributed by atoms with Gasteiger partial charge in [0.15, 0.2) is 5.69 Å². The smallest absolute Gasteiger partial charge is 0.406 e. The van der Waals surface area contributed by atoms with Gasteiger partial charge < -0.3 is 20.1 Å². The SMILES string of the molecule is CNC(=O)c1cn(CC2(O)CCN(C(=O)c3ccc(OC(F)(F)F)cc3)CC2)nn1. The summed E-state index contributed by atoms with van der Waals surface area (Å²) in [5, 5.41) is 20.8. The minimum atomic E-state index is -4.80. The second-order valence-electron chi connectivity index (χ2n) is 6.97. The van der Waals surface area contributed by atoms with Crippen LogP contribution in [-0.2, 0) is 6.54 Å². The van der Waals surface area contributed by atoms with Crippen LogP contribution in [0.5, 0.6) is 5.75 Å². The van der Waals surface area contributed by atoms with Crippen molar-refractivity contribution in [3.8, 4) is 5.75 Å². The number of amides is 2. The molecule has 2 amide bonds. The minimum absolute atomic E-state index is 0.114. The predicted octanol–water partition coefficient (Wildman–Crippen LogP) is 1.20. The van der Waals surface area contributed by atoms with Gasteiger partial charge in [0, 0.05) is 25.7 Å². The quantitative estimate of drug-likeness (QED) is 0.742. The van der Waals surface area contributed by atoms with Gasteiger partial charge in [0.25, 0.3) is 11.8 Å². The van der Waals surface area contributed by atoms with Crippen molar-refractivity contribution in [1.82, 2.24) is 25.2 Å². The van der Waals surface area contributed by atoms with Gasteiger partial charge in [-0.25, -0.2) is 4.68 Å². The van der Waals surface area contributed by atoms with Crippen molar-refractivity contribution in [3.63, 3.8) is 0 Å². The highest BCUT2D eigenvalue weighted by Gasteiger charge is 2.35. The Bertz CT molecular complexity index is 905. The van der Waals surface area contributed by atoms with Gasteiger partial charge in [0.1, 0.15) is 5.75 Å². The summed E-state index contributed by atoms with van der Waals surface area (Å²) in [6.07, 6.45) is -2.83. The van der Waals surface area contributed by atoms with E-state index in [1.54, 1.807) is 0 Å². The molecule has 1 aromatic carbocycles. The second kappa shape index (κ2) is 8.30. The summed E-state index contributed by atoms with van der Waals surface area (Å²) < 4.78 is 41.9. The molecule has 3 rings (SSSR count). The third-order valence-corrected chi connectivity index (χ3v) is 4.77. The summed E-state index contributed by atoms with van der Waals surface area (Å²) in [4.78, 5) is 25.6. The highest BCUT2D eigenvalue weighted by atomic mass is 19.4. The van der Waals surface area contributed by atoms with E-state index < -0.39 is 17.7 Å². The Balaban J connectivity index is 1.57. The Labute approximate surface area is 169 Å². The highest BCUT2D eigenvalue weighted by molar-refractivity contribution is 5.94. The number of carbonyl (C=O) groups excluding carboxylic acids is 2. The van der Waals surface area contributed by atoms with E-state index in [9.17, 15) is 27.9 Å². The molecule has 0 unspecified atom stereocenters. The minimum Gasteiger partial charge on any atom is -0.406 e. The van der Waals surface area contributed by atoms with Crippen molar-refractivity contribution in [2.45, 2.75) is 31.3 Å². The van der Waals surface area contributed by atoms with Crippen LogP contribution < -0.4 is 10.1 Å². The van der Waals surface area contributed by atoms with Gasteiger partial charge in [0.2, 0.25) is 0 Å². The zero-order chi connectivity index (χ0) is 21.9. The van der Waals surface area contributed by atoms with Crippen LogP contribution >= 0.6 is 0 Å². The largest absolute Gasteiger partial charge is 0.573 e. The second-order valence-corrected chi connectivity index (χ2v) is 6.97. The molecular weight excluding hydrogens is 407 g/mol. The maximum Gasteiger partial charge on any atom is 0.573 e. The van der Waals surface area contributed by atoms with Crippen LogP contribution in [0.3, 0.4) is 0 Å². The standard InChI is InChI=1S/C18H20F3N5O4/c1-22-15(27)14-10-26(24-23-14)11-17(29)6-8-25(9-7-17)16(28)12-2-4-13(5-3-12)30-18(19,20)21/h2-5,10,29H,6-9,11H2,1H3,(H,22,27). The van der Waals surface area contributed by atoms with E-state index in [1.807, 2.05) is 0 Å². The molecule has 0 aliphatic carbocycles. The Morgan fingerprint density at radius 1 is 1.23 bits per heavy atom. The molecule has 1 aromatic heterocycles. The van der Waals surface area contributed by atoms with E-state index in [1.165, 1.54) is 35.0 Å². The average Bonchev–Trinajstić information content (AvgIpc) is 3.14. The van der Waals surface area contributed by atoms with Gasteiger partial charge in [-0.1, -0.05) is 5.21 Å². The summed E-state index contributed by atoms with van der Waals surface area (Å²) in [7, 11) is 1.47. The van der Waals surface area contributed by atoms with Crippen molar-refractivity contribution < 1.29 is 32.6 Å². The zero-order valence-corrected chi connectivity index (χ0v) is 16.0. The van der Waals surface area contributed by atoms with Crippen LogP contribution in [-0.4, -0.2) is 68.9 Å². The third-order valence-electron chi connectivity index (χ3n) is 4.77. The number of alkyl halides is 3. The number of hydrogen-bond donors (Lipinski definition) is 2. The van der Waals surface area contributed by atoms with Gasteiger partial charge in [-0.2, -0.15) is 0 Å². The molecule has 162 valence electrons. The first-order valence-electron chi connectivity index (χ1n) is 9.08. The molecule has 1 aliphatic heterocycles. The molecule has 0 bridgehead atoms. The first-order valence-corrected chi connectivity index (χ1v) is 9.08. The van der Waals surface area contributed by atoms with Gasteiger partial charge >= 0.3 is 6.36 Å². The summed E-state index contributed by atoms with van der Waals surface area (Å²) in [6.45, 7) is 0.628. The number of benzene rings is 1.